The molecular formula is C16H25N3O6. The molecule has 0 aliphatic rings. The van der Waals surface area contributed by atoms with Crippen LogP contribution in [0.5, 0.6) is 0 Å². The first-order valence-corrected chi connectivity index (χ1v) is 7.83. The smallest absolute Gasteiger partial charge is 0.407 e. The lowest BCUT2D eigenvalue weighted by atomic mass is 10.1. The van der Waals surface area contributed by atoms with Crippen LogP contribution in [0.4, 0.5) is 4.79 Å². The maximum Gasteiger partial charge on any atom is 0.407 e. The molecule has 0 aliphatic heterocycles. The zero-order valence-corrected chi connectivity index (χ0v) is 14.4. The van der Waals surface area contributed by atoms with E-state index < -0.39 is 11.9 Å². The normalized spacial score (nSPS) is 10.2. The number of H-pyrrole nitrogens is 1. The summed E-state index contributed by atoms with van der Waals surface area (Å²) in [7, 11) is 0. The van der Waals surface area contributed by atoms with Gasteiger partial charge in [0.15, 0.2) is 0 Å². The average molecular weight is 355 g/mol. The molecule has 4 N–H and O–H groups in total. The molecule has 1 aromatic heterocycles. The minimum absolute atomic E-state index is 0.324. The second kappa shape index (κ2) is 13.6. The highest BCUT2D eigenvalue weighted by Gasteiger charge is 2.02. The van der Waals surface area contributed by atoms with E-state index in [2.05, 4.69) is 29.1 Å². The van der Waals surface area contributed by atoms with E-state index in [9.17, 15) is 14.4 Å². The molecule has 0 aliphatic carbocycles. The van der Waals surface area contributed by atoms with Crippen LogP contribution >= 0.6 is 0 Å². The van der Waals surface area contributed by atoms with Crippen molar-refractivity contribution < 1.29 is 29.3 Å². The van der Waals surface area contributed by atoms with Crippen LogP contribution in [0.25, 0.3) is 0 Å². The van der Waals surface area contributed by atoms with Crippen molar-refractivity contribution in [1.82, 2.24) is 15.3 Å². The van der Waals surface area contributed by atoms with E-state index in [0.717, 1.165) is 25.0 Å². The summed E-state index contributed by atoms with van der Waals surface area (Å²) in [6.45, 7) is 5.36. The van der Waals surface area contributed by atoms with E-state index in [4.69, 9.17) is 14.9 Å². The van der Waals surface area contributed by atoms with Crippen molar-refractivity contribution in [2.24, 2.45) is 5.92 Å². The van der Waals surface area contributed by atoms with Crippen LogP contribution < -0.4 is 5.32 Å². The molecule has 0 saturated carbocycles. The Labute approximate surface area is 146 Å². The molecule has 140 valence electrons. The van der Waals surface area contributed by atoms with Crippen LogP contribution in [0, 0.1) is 5.92 Å². The molecule has 0 spiro atoms. The van der Waals surface area contributed by atoms with Crippen molar-refractivity contribution in [3.05, 3.63) is 30.4 Å². The van der Waals surface area contributed by atoms with Crippen molar-refractivity contribution >= 4 is 18.0 Å². The maximum absolute atomic E-state index is 11.2. The van der Waals surface area contributed by atoms with Crippen LogP contribution in [0.3, 0.4) is 0 Å². The molecule has 25 heavy (non-hydrogen) atoms. The lowest BCUT2D eigenvalue weighted by molar-refractivity contribution is -0.134. The molecule has 0 aromatic carbocycles. The molecule has 0 saturated heterocycles. The van der Waals surface area contributed by atoms with Gasteiger partial charge in [0.25, 0.3) is 0 Å². The summed E-state index contributed by atoms with van der Waals surface area (Å²) in [6, 6.07) is 0. The molecular weight excluding hydrogens is 330 g/mol. The third kappa shape index (κ3) is 15.8. The molecule has 9 heteroatoms. The van der Waals surface area contributed by atoms with E-state index in [1.54, 1.807) is 12.5 Å². The van der Waals surface area contributed by atoms with Gasteiger partial charge in [-0.2, -0.15) is 0 Å². The maximum atomic E-state index is 11.2. The quantitative estimate of drug-likeness (QED) is 0.391. The largest absolute Gasteiger partial charge is 0.478 e. The Kier molecular flexibility index (Phi) is 12.0. The third-order valence-corrected chi connectivity index (χ3v) is 2.74. The predicted molar refractivity (Wildman–Crippen MR) is 90.1 cm³/mol. The average Bonchev–Trinajstić information content (AvgIpc) is 3.03. The molecule has 9 nitrogen and oxygen atoms in total. The number of carbonyl (C=O) groups excluding carboxylic acids is 1. The second-order valence-electron chi connectivity index (χ2n) is 5.44. The Balaban J connectivity index is 0.000000609. The van der Waals surface area contributed by atoms with Gasteiger partial charge in [-0.3, -0.25) is 0 Å². The number of aryl methyl sites for hydroxylation is 1. The minimum atomic E-state index is -1.26. The van der Waals surface area contributed by atoms with E-state index in [-0.39, 0.29) is 6.09 Å². The van der Waals surface area contributed by atoms with E-state index >= 15 is 0 Å². The number of carbonyl (C=O) groups is 3. The van der Waals surface area contributed by atoms with E-state index in [0.29, 0.717) is 31.2 Å². The SMILES string of the molecule is CC(C)CCNC(=O)OCCCc1cnc[nH]1.O=C(O)/C=C/C(=O)O. The fourth-order valence-corrected chi connectivity index (χ4v) is 1.51. The molecule has 1 rings (SSSR count). The molecule has 1 aromatic rings. The number of nitrogens with zero attached hydrogens (tertiary/aromatic N) is 1. The number of alkyl carbamates (subject to hydrolysis) is 1. The Morgan fingerprint density at radius 2 is 1.92 bits per heavy atom. The number of amides is 1. The first-order chi connectivity index (χ1) is 11.8. The predicted octanol–water partition coefficient (Wildman–Crippen LogP) is 1.83. The number of hydrogen-bond donors (Lipinski definition) is 4. The van der Waals surface area contributed by atoms with Crippen molar-refractivity contribution in [3.63, 3.8) is 0 Å². The lowest BCUT2D eigenvalue weighted by Crippen LogP contribution is -2.26. The summed E-state index contributed by atoms with van der Waals surface area (Å²) in [5, 5.41) is 18.4. The van der Waals surface area contributed by atoms with Gasteiger partial charge in [-0.15, -0.1) is 0 Å². The van der Waals surface area contributed by atoms with Crippen LogP contribution in [-0.2, 0) is 20.7 Å². The Bertz CT molecular complexity index is 524. The molecule has 0 atom stereocenters. The molecule has 0 bridgehead atoms. The lowest BCUT2D eigenvalue weighted by Gasteiger charge is -2.07. The molecule has 1 heterocycles. The monoisotopic (exact) mass is 355 g/mol. The fraction of sp³-hybridized carbons (Fsp3) is 0.500. The summed E-state index contributed by atoms with van der Waals surface area (Å²) in [5.41, 5.74) is 1.06. The van der Waals surface area contributed by atoms with Gasteiger partial charge in [0.05, 0.1) is 12.9 Å². The van der Waals surface area contributed by atoms with Gasteiger partial charge in [-0.25, -0.2) is 19.4 Å². The first kappa shape index (κ1) is 22.2. The first-order valence-electron chi connectivity index (χ1n) is 7.83. The van der Waals surface area contributed by atoms with Crippen molar-refractivity contribution in [2.45, 2.75) is 33.1 Å². The number of aromatic amines is 1. The van der Waals surface area contributed by atoms with E-state index in [1.165, 1.54) is 0 Å². The van der Waals surface area contributed by atoms with Gasteiger partial charge in [-0.1, -0.05) is 13.8 Å². The third-order valence-electron chi connectivity index (χ3n) is 2.74. The van der Waals surface area contributed by atoms with Crippen LogP contribution in [-0.4, -0.2) is 51.4 Å². The highest BCUT2D eigenvalue weighted by Crippen LogP contribution is 1.98. The number of carboxylic acid groups (broad SMARTS) is 2. The van der Waals surface area contributed by atoms with E-state index in [1.807, 2.05) is 0 Å². The van der Waals surface area contributed by atoms with Gasteiger partial charge in [-0.05, 0) is 25.2 Å². The number of ether oxygens (including phenoxy) is 1. The summed E-state index contributed by atoms with van der Waals surface area (Å²) < 4.78 is 5.04. The number of imidazole rings is 1. The number of aromatic nitrogens is 2. The zero-order chi connectivity index (χ0) is 19.1. The van der Waals surface area contributed by atoms with Gasteiger partial charge in [0.1, 0.15) is 0 Å². The fourth-order valence-electron chi connectivity index (χ4n) is 1.51. The Morgan fingerprint density at radius 1 is 1.28 bits per heavy atom. The number of aliphatic carboxylic acids is 2. The Morgan fingerprint density at radius 3 is 2.40 bits per heavy atom. The highest BCUT2D eigenvalue weighted by molar-refractivity contribution is 5.89. The van der Waals surface area contributed by atoms with Gasteiger partial charge < -0.3 is 25.3 Å². The standard InChI is InChI=1S/C12H21N3O2.C4H4O4/c1-10(2)5-6-14-12(16)17-7-3-4-11-8-13-9-15-11;5-3(6)1-2-4(7)8/h8-10H,3-7H2,1-2H3,(H,13,15)(H,14,16);1-2H,(H,5,6)(H,7,8)/b;2-1+. The zero-order valence-electron chi connectivity index (χ0n) is 14.4. The summed E-state index contributed by atoms with van der Waals surface area (Å²) >= 11 is 0. The number of hydrogen-bond acceptors (Lipinski definition) is 5. The highest BCUT2D eigenvalue weighted by atomic mass is 16.5. The van der Waals surface area contributed by atoms with Crippen molar-refractivity contribution in [3.8, 4) is 0 Å². The van der Waals surface area contributed by atoms with Crippen molar-refractivity contribution in [1.29, 1.82) is 0 Å². The summed E-state index contributed by atoms with van der Waals surface area (Å²) in [6.07, 6.45) is 6.85. The second-order valence-corrected chi connectivity index (χ2v) is 5.44. The van der Waals surface area contributed by atoms with Gasteiger partial charge in [0.2, 0.25) is 0 Å². The van der Waals surface area contributed by atoms with Gasteiger partial charge in [0, 0.05) is 30.6 Å². The van der Waals surface area contributed by atoms with Gasteiger partial charge >= 0.3 is 18.0 Å². The molecule has 0 unspecified atom stereocenters. The van der Waals surface area contributed by atoms with Crippen molar-refractivity contribution in [2.75, 3.05) is 13.2 Å². The summed E-state index contributed by atoms with van der Waals surface area (Å²) in [4.78, 5) is 37.3. The number of carboxylic acids is 2. The summed E-state index contributed by atoms with van der Waals surface area (Å²) in [5.74, 6) is -1.92. The topological polar surface area (TPSA) is 142 Å². The number of rotatable bonds is 9. The number of nitrogens with one attached hydrogen (secondary N) is 2. The van der Waals surface area contributed by atoms with Crippen LogP contribution in [0.15, 0.2) is 24.7 Å². The molecule has 0 fully saturated rings. The molecule has 1 amide bonds. The molecule has 0 radical (unpaired) electrons. The minimum Gasteiger partial charge on any atom is -0.478 e. The van der Waals surface area contributed by atoms with Crippen LogP contribution in [0.2, 0.25) is 0 Å². The Hall–Kier alpha value is -2.84. The van der Waals surface area contributed by atoms with Crippen LogP contribution in [0.1, 0.15) is 32.4 Å².